The predicted molar refractivity (Wildman–Crippen MR) is 52.5 cm³/mol. The zero-order chi connectivity index (χ0) is 11.3. The van der Waals surface area contributed by atoms with E-state index < -0.39 is 11.2 Å². The summed E-state index contributed by atoms with van der Waals surface area (Å²) >= 11 is 0.560. The Bertz CT molecular complexity index is 373. The van der Waals surface area contributed by atoms with E-state index in [1.165, 1.54) is 0 Å². The highest BCUT2D eigenvalue weighted by atomic mass is 32.1. The van der Waals surface area contributed by atoms with Gasteiger partial charge in [-0.3, -0.25) is 0 Å². The third-order valence-corrected chi connectivity index (χ3v) is 2.38. The van der Waals surface area contributed by atoms with Crippen LogP contribution < -0.4 is 5.32 Å². The second kappa shape index (κ2) is 5.14. The molecule has 1 rings (SSSR count). The Morgan fingerprint density at radius 3 is 2.80 bits per heavy atom. The molecule has 0 unspecified atom stereocenters. The van der Waals surface area contributed by atoms with Gasteiger partial charge in [-0.1, -0.05) is 18.8 Å². The molecule has 0 aromatic carbocycles. The molecule has 0 atom stereocenters. The summed E-state index contributed by atoms with van der Waals surface area (Å²) in [6.07, 6.45) is -3.22. The van der Waals surface area contributed by atoms with E-state index in [0.29, 0.717) is 22.8 Å². The van der Waals surface area contributed by atoms with Crippen LogP contribution >= 0.6 is 11.3 Å². The normalized spacial score (nSPS) is 10.9. The lowest BCUT2D eigenvalue weighted by Crippen LogP contribution is -2.11. The molecular weight excluding hydrogens is 225 g/mol. The fourth-order valence-electron chi connectivity index (χ4n) is 0.782. The Morgan fingerprint density at radius 2 is 2.27 bits per heavy atom. The highest BCUT2D eigenvalue weighted by Gasteiger charge is 2.34. The van der Waals surface area contributed by atoms with Gasteiger partial charge in [0.15, 0.2) is 5.01 Å². The molecule has 0 radical (unpaired) electrons. The number of nitrogens with one attached hydrogen (secondary N) is 1. The Hall–Kier alpha value is -1.06. The van der Waals surface area contributed by atoms with Crippen molar-refractivity contribution in [2.24, 2.45) is 0 Å². The van der Waals surface area contributed by atoms with Crippen LogP contribution in [0.1, 0.15) is 16.8 Å². The van der Waals surface area contributed by atoms with Gasteiger partial charge in [0.25, 0.3) is 0 Å². The first-order valence-electron chi connectivity index (χ1n) is 4.26. The van der Waals surface area contributed by atoms with Crippen LogP contribution in [0.3, 0.4) is 0 Å². The number of thiazole rings is 1. The van der Waals surface area contributed by atoms with Crippen LogP contribution in [0.2, 0.25) is 0 Å². The first kappa shape index (κ1) is 12.0. The van der Waals surface area contributed by atoms with E-state index in [-0.39, 0.29) is 0 Å². The van der Waals surface area contributed by atoms with E-state index in [2.05, 4.69) is 22.1 Å². The van der Waals surface area contributed by atoms with E-state index in [1.807, 2.05) is 6.92 Å². The average molecular weight is 234 g/mol. The van der Waals surface area contributed by atoms with Crippen molar-refractivity contribution in [3.8, 4) is 11.8 Å². The minimum absolute atomic E-state index is 0.334. The van der Waals surface area contributed by atoms with Crippen molar-refractivity contribution in [3.05, 3.63) is 16.1 Å². The average Bonchev–Trinajstić information content (AvgIpc) is 2.60. The van der Waals surface area contributed by atoms with Gasteiger partial charge in [0.05, 0.1) is 17.6 Å². The maximum Gasteiger partial charge on any atom is 0.443 e. The van der Waals surface area contributed by atoms with Crippen LogP contribution in [0.4, 0.5) is 13.2 Å². The van der Waals surface area contributed by atoms with Gasteiger partial charge in [-0.05, 0) is 6.54 Å². The lowest BCUT2D eigenvalue weighted by atomic mass is 10.5. The highest BCUT2D eigenvalue weighted by molar-refractivity contribution is 7.12. The van der Waals surface area contributed by atoms with Gasteiger partial charge in [0.2, 0.25) is 0 Å². The molecule has 0 fully saturated rings. The van der Waals surface area contributed by atoms with E-state index >= 15 is 0 Å². The smallest absolute Gasteiger partial charge is 0.306 e. The molecule has 82 valence electrons. The Balaban J connectivity index is 2.63. The van der Waals surface area contributed by atoms with Gasteiger partial charge in [0, 0.05) is 0 Å². The van der Waals surface area contributed by atoms with Crippen LogP contribution in [0.25, 0.3) is 0 Å². The van der Waals surface area contributed by atoms with Gasteiger partial charge < -0.3 is 5.32 Å². The van der Waals surface area contributed by atoms with Gasteiger partial charge in [-0.25, -0.2) is 4.98 Å². The third-order valence-electron chi connectivity index (χ3n) is 1.42. The summed E-state index contributed by atoms with van der Waals surface area (Å²) in [4.78, 5) is 3.59. The Morgan fingerprint density at radius 1 is 1.53 bits per heavy atom. The van der Waals surface area contributed by atoms with Crippen LogP contribution in [0.15, 0.2) is 6.20 Å². The van der Waals surface area contributed by atoms with Crippen molar-refractivity contribution in [1.82, 2.24) is 10.3 Å². The molecule has 6 heteroatoms. The summed E-state index contributed by atoms with van der Waals surface area (Å²) in [6.45, 7) is 3.18. The van der Waals surface area contributed by atoms with Crippen LogP contribution in [-0.4, -0.2) is 18.1 Å². The second-order valence-electron chi connectivity index (χ2n) is 2.61. The van der Waals surface area contributed by atoms with Crippen molar-refractivity contribution in [2.45, 2.75) is 13.1 Å². The minimum atomic E-state index is -4.37. The quantitative estimate of drug-likeness (QED) is 0.626. The molecule has 0 aliphatic rings. The Kier molecular flexibility index (Phi) is 4.12. The van der Waals surface area contributed by atoms with E-state index in [4.69, 9.17) is 0 Å². The van der Waals surface area contributed by atoms with E-state index in [0.717, 1.165) is 12.7 Å². The lowest BCUT2D eigenvalue weighted by molar-refractivity contribution is -0.137. The summed E-state index contributed by atoms with van der Waals surface area (Å²) in [6, 6.07) is 0. The summed E-state index contributed by atoms with van der Waals surface area (Å²) in [5, 5.41) is 2.09. The van der Waals surface area contributed by atoms with E-state index in [9.17, 15) is 13.2 Å². The molecule has 0 aliphatic carbocycles. The number of aromatic nitrogens is 1. The first-order chi connectivity index (χ1) is 7.04. The summed E-state index contributed by atoms with van der Waals surface area (Å²) in [7, 11) is 0. The molecule has 1 heterocycles. The standard InChI is InChI=1S/C9H9F3N2S/c1-2-13-5-3-4-7-6-14-8(15-7)9(10,11)12/h6,13H,2,5H2,1H3. The van der Waals surface area contributed by atoms with E-state index in [1.54, 1.807) is 0 Å². The molecule has 1 N–H and O–H groups in total. The molecule has 0 bridgehead atoms. The van der Waals surface area contributed by atoms with Crippen molar-refractivity contribution in [3.63, 3.8) is 0 Å². The first-order valence-corrected chi connectivity index (χ1v) is 5.08. The second-order valence-corrected chi connectivity index (χ2v) is 3.64. The van der Waals surface area contributed by atoms with Crippen molar-refractivity contribution < 1.29 is 13.2 Å². The molecule has 0 amide bonds. The van der Waals surface area contributed by atoms with Gasteiger partial charge in [0.1, 0.15) is 0 Å². The molecule has 15 heavy (non-hydrogen) atoms. The molecular formula is C9H9F3N2S. The fourth-order valence-corrected chi connectivity index (χ4v) is 1.44. The molecule has 1 aromatic rings. The maximum atomic E-state index is 12.1. The summed E-state index contributed by atoms with van der Waals surface area (Å²) < 4.78 is 36.4. The molecule has 0 aliphatic heterocycles. The largest absolute Gasteiger partial charge is 0.443 e. The van der Waals surface area contributed by atoms with Crippen molar-refractivity contribution >= 4 is 11.3 Å². The third kappa shape index (κ3) is 3.90. The number of alkyl halides is 3. The SMILES string of the molecule is CCNCC#Cc1cnc(C(F)(F)F)s1. The number of rotatable bonds is 2. The molecule has 1 aromatic heterocycles. The minimum Gasteiger partial charge on any atom is -0.306 e. The van der Waals surface area contributed by atoms with Gasteiger partial charge in [-0.2, -0.15) is 13.2 Å². The molecule has 0 saturated carbocycles. The fraction of sp³-hybridized carbons (Fsp3) is 0.444. The number of halogens is 3. The number of nitrogens with zero attached hydrogens (tertiary/aromatic N) is 1. The molecule has 0 saturated heterocycles. The predicted octanol–water partition coefficient (Wildman–Crippen LogP) is 2.12. The molecule has 0 spiro atoms. The zero-order valence-corrected chi connectivity index (χ0v) is 8.80. The highest BCUT2D eigenvalue weighted by Crippen LogP contribution is 2.31. The lowest BCUT2D eigenvalue weighted by Gasteiger charge is -1.98. The number of hydrogen-bond donors (Lipinski definition) is 1. The van der Waals surface area contributed by atoms with Crippen molar-refractivity contribution in [1.29, 1.82) is 0 Å². The molecule has 2 nitrogen and oxygen atoms in total. The topological polar surface area (TPSA) is 24.9 Å². The van der Waals surface area contributed by atoms with Crippen LogP contribution in [-0.2, 0) is 6.18 Å². The Labute approximate surface area is 89.5 Å². The summed E-state index contributed by atoms with van der Waals surface area (Å²) in [5.41, 5.74) is 0. The summed E-state index contributed by atoms with van der Waals surface area (Å²) in [5.74, 6) is 5.32. The van der Waals surface area contributed by atoms with Gasteiger partial charge >= 0.3 is 6.18 Å². The van der Waals surface area contributed by atoms with Gasteiger partial charge in [-0.15, -0.1) is 11.3 Å². The monoisotopic (exact) mass is 234 g/mol. The number of hydrogen-bond acceptors (Lipinski definition) is 3. The van der Waals surface area contributed by atoms with Crippen LogP contribution in [0, 0.1) is 11.8 Å². The maximum absolute atomic E-state index is 12.1. The zero-order valence-electron chi connectivity index (χ0n) is 7.98. The van der Waals surface area contributed by atoms with Crippen LogP contribution in [0.5, 0.6) is 0 Å². The van der Waals surface area contributed by atoms with Crippen molar-refractivity contribution in [2.75, 3.05) is 13.1 Å².